The maximum atomic E-state index is 10.7. The summed E-state index contributed by atoms with van der Waals surface area (Å²) in [6.07, 6.45) is 1.49. The third-order valence-electron chi connectivity index (χ3n) is 1.69. The first-order valence-corrected chi connectivity index (χ1v) is 4.40. The Kier molecular flexibility index (Phi) is 5.12. The molecule has 0 spiro atoms. The molecule has 0 aliphatic heterocycles. The Morgan fingerprint density at radius 3 is 2.15 bits per heavy atom. The van der Waals surface area contributed by atoms with Crippen molar-refractivity contribution in [3.8, 4) is 0 Å². The van der Waals surface area contributed by atoms with Gasteiger partial charge in [0.15, 0.2) is 0 Å². The molecule has 0 saturated carbocycles. The zero-order valence-electron chi connectivity index (χ0n) is 8.72. The SMILES string of the molecule is C=C(C)CC[C@H](OC(C)=O)C(=C)C. The molecule has 0 bridgehead atoms. The summed E-state index contributed by atoms with van der Waals surface area (Å²) in [5.74, 6) is -0.255. The number of esters is 1. The van der Waals surface area contributed by atoms with Gasteiger partial charge in [-0.2, -0.15) is 0 Å². The molecule has 13 heavy (non-hydrogen) atoms. The summed E-state index contributed by atoms with van der Waals surface area (Å²) in [5.41, 5.74) is 1.98. The van der Waals surface area contributed by atoms with Gasteiger partial charge in [0.05, 0.1) is 0 Å². The molecule has 0 aliphatic rings. The molecule has 74 valence electrons. The van der Waals surface area contributed by atoms with Crippen LogP contribution < -0.4 is 0 Å². The maximum absolute atomic E-state index is 10.7. The van der Waals surface area contributed by atoms with Crippen LogP contribution in [0.1, 0.15) is 33.6 Å². The second-order valence-corrected chi connectivity index (χ2v) is 3.44. The van der Waals surface area contributed by atoms with Gasteiger partial charge in [-0.3, -0.25) is 4.79 Å². The number of allylic oxidation sites excluding steroid dienone is 1. The van der Waals surface area contributed by atoms with Crippen LogP contribution in [-0.2, 0) is 9.53 Å². The van der Waals surface area contributed by atoms with E-state index in [0.29, 0.717) is 0 Å². The van der Waals surface area contributed by atoms with E-state index in [2.05, 4.69) is 13.2 Å². The fraction of sp³-hybridized carbons (Fsp3) is 0.545. The van der Waals surface area contributed by atoms with Gasteiger partial charge in [-0.05, 0) is 32.3 Å². The van der Waals surface area contributed by atoms with E-state index in [4.69, 9.17) is 4.74 Å². The molecule has 0 fully saturated rings. The average molecular weight is 182 g/mol. The molecule has 0 aromatic rings. The molecule has 2 nitrogen and oxygen atoms in total. The summed E-state index contributed by atoms with van der Waals surface area (Å²) < 4.78 is 5.08. The summed E-state index contributed by atoms with van der Waals surface area (Å²) in [4.78, 5) is 10.7. The molecule has 0 unspecified atom stereocenters. The van der Waals surface area contributed by atoms with Crippen LogP contribution in [0.5, 0.6) is 0 Å². The molecular weight excluding hydrogens is 164 g/mol. The molecule has 0 radical (unpaired) electrons. The molecule has 0 rings (SSSR count). The molecule has 0 heterocycles. The summed E-state index contributed by atoms with van der Waals surface area (Å²) >= 11 is 0. The van der Waals surface area contributed by atoms with Gasteiger partial charge < -0.3 is 4.74 Å². The van der Waals surface area contributed by atoms with E-state index in [0.717, 1.165) is 24.0 Å². The molecule has 0 N–H and O–H groups in total. The van der Waals surface area contributed by atoms with Crippen LogP contribution in [0.4, 0.5) is 0 Å². The molecule has 2 heteroatoms. The molecule has 0 saturated heterocycles. The van der Waals surface area contributed by atoms with E-state index in [1.807, 2.05) is 13.8 Å². The minimum Gasteiger partial charge on any atom is -0.458 e. The quantitative estimate of drug-likeness (QED) is 0.482. The molecule has 0 aromatic carbocycles. The van der Waals surface area contributed by atoms with Gasteiger partial charge in [0, 0.05) is 6.92 Å². The van der Waals surface area contributed by atoms with Crippen molar-refractivity contribution < 1.29 is 9.53 Å². The zero-order valence-corrected chi connectivity index (χ0v) is 8.72. The monoisotopic (exact) mass is 182 g/mol. The minimum atomic E-state index is -0.255. The Labute approximate surface area is 80.3 Å². The van der Waals surface area contributed by atoms with Crippen LogP contribution in [0.3, 0.4) is 0 Å². The Balaban J connectivity index is 4.02. The lowest BCUT2D eigenvalue weighted by Gasteiger charge is -2.16. The van der Waals surface area contributed by atoms with E-state index >= 15 is 0 Å². The first-order valence-electron chi connectivity index (χ1n) is 4.40. The van der Waals surface area contributed by atoms with Gasteiger partial charge in [0.1, 0.15) is 6.10 Å². The largest absolute Gasteiger partial charge is 0.458 e. The van der Waals surface area contributed by atoms with Crippen molar-refractivity contribution in [3.63, 3.8) is 0 Å². The van der Waals surface area contributed by atoms with Crippen LogP contribution in [0.25, 0.3) is 0 Å². The van der Waals surface area contributed by atoms with E-state index in [9.17, 15) is 4.79 Å². The summed E-state index contributed by atoms with van der Waals surface area (Å²) in [5, 5.41) is 0. The average Bonchev–Trinajstić information content (AvgIpc) is 1.96. The zero-order chi connectivity index (χ0) is 10.4. The van der Waals surface area contributed by atoms with Crippen molar-refractivity contribution in [2.45, 2.75) is 39.7 Å². The van der Waals surface area contributed by atoms with Gasteiger partial charge >= 0.3 is 5.97 Å². The van der Waals surface area contributed by atoms with Crippen molar-refractivity contribution >= 4 is 5.97 Å². The summed E-state index contributed by atoms with van der Waals surface area (Å²) in [7, 11) is 0. The lowest BCUT2D eigenvalue weighted by atomic mass is 10.1. The highest BCUT2D eigenvalue weighted by molar-refractivity contribution is 5.66. The second kappa shape index (κ2) is 5.57. The van der Waals surface area contributed by atoms with Gasteiger partial charge in [0.2, 0.25) is 0 Å². The second-order valence-electron chi connectivity index (χ2n) is 3.44. The van der Waals surface area contributed by atoms with Crippen molar-refractivity contribution in [1.29, 1.82) is 0 Å². The van der Waals surface area contributed by atoms with Crippen molar-refractivity contribution in [2.24, 2.45) is 0 Å². The lowest BCUT2D eigenvalue weighted by Crippen LogP contribution is -2.17. The Morgan fingerprint density at radius 2 is 1.85 bits per heavy atom. The van der Waals surface area contributed by atoms with E-state index in [1.165, 1.54) is 6.92 Å². The smallest absolute Gasteiger partial charge is 0.303 e. The predicted octanol–water partition coefficient (Wildman–Crippen LogP) is 2.85. The summed E-state index contributed by atoms with van der Waals surface area (Å²) in [6.45, 7) is 12.8. The Bertz CT molecular complexity index is 216. The standard InChI is InChI=1S/C11H18O2/c1-8(2)6-7-11(9(3)4)13-10(5)12/h11H,1,3,6-7H2,2,4-5H3/t11-/m0/s1. The highest BCUT2D eigenvalue weighted by Crippen LogP contribution is 2.14. The molecular formula is C11H18O2. The van der Waals surface area contributed by atoms with Gasteiger partial charge in [0.25, 0.3) is 0 Å². The van der Waals surface area contributed by atoms with Gasteiger partial charge in [-0.15, -0.1) is 6.58 Å². The first-order chi connectivity index (χ1) is 5.93. The first kappa shape index (κ1) is 11.9. The van der Waals surface area contributed by atoms with Crippen LogP contribution in [0.2, 0.25) is 0 Å². The molecule has 0 amide bonds. The maximum Gasteiger partial charge on any atom is 0.303 e. The van der Waals surface area contributed by atoms with Gasteiger partial charge in [-0.25, -0.2) is 0 Å². The van der Waals surface area contributed by atoms with E-state index in [-0.39, 0.29) is 12.1 Å². The molecule has 0 aliphatic carbocycles. The summed E-state index contributed by atoms with van der Waals surface area (Å²) in [6, 6.07) is 0. The number of ether oxygens (including phenoxy) is 1. The highest BCUT2D eigenvalue weighted by Gasteiger charge is 2.11. The number of carbonyl (C=O) groups is 1. The van der Waals surface area contributed by atoms with Crippen LogP contribution in [-0.4, -0.2) is 12.1 Å². The normalized spacial score (nSPS) is 11.9. The van der Waals surface area contributed by atoms with E-state index < -0.39 is 0 Å². The lowest BCUT2D eigenvalue weighted by molar-refractivity contribution is -0.144. The number of hydrogen-bond acceptors (Lipinski definition) is 2. The van der Waals surface area contributed by atoms with E-state index in [1.54, 1.807) is 0 Å². The van der Waals surface area contributed by atoms with Crippen LogP contribution >= 0.6 is 0 Å². The van der Waals surface area contributed by atoms with Gasteiger partial charge in [-0.1, -0.05) is 12.2 Å². The van der Waals surface area contributed by atoms with Crippen LogP contribution in [0, 0.1) is 0 Å². The third-order valence-corrected chi connectivity index (χ3v) is 1.69. The Morgan fingerprint density at radius 1 is 1.31 bits per heavy atom. The van der Waals surface area contributed by atoms with Crippen molar-refractivity contribution in [3.05, 3.63) is 24.3 Å². The topological polar surface area (TPSA) is 26.3 Å². The minimum absolute atomic E-state index is 0.158. The van der Waals surface area contributed by atoms with Crippen molar-refractivity contribution in [1.82, 2.24) is 0 Å². The van der Waals surface area contributed by atoms with Crippen molar-refractivity contribution in [2.75, 3.05) is 0 Å². The third kappa shape index (κ3) is 6.14. The fourth-order valence-electron chi connectivity index (χ4n) is 0.984. The molecule has 1 atom stereocenters. The molecule has 0 aromatic heterocycles. The fourth-order valence-corrected chi connectivity index (χ4v) is 0.984. The number of hydrogen-bond donors (Lipinski definition) is 0. The predicted molar refractivity (Wildman–Crippen MR) is 54.4 cm³/mol. The highest BCUT2D eigenvalue weighted by atomic mass is 16.5. The Hall–Kier alpha value is -1.05. The van der Waals surface area contributed by atoms with Crippen LogP contribution in [0.15, 0.2) is 24.3 Å². The number of rotatable bonds is 5. The number of carbonyl (C=O) groups excluding carboxylic acids is 1.